The number of nitrogens with one attached hydrogen (secondary N) is 2. The van der Waals surface area contributed by atoms with E-state index < -0.39 is 5.41 Å². The molecule has 2 N–H and O–H groups in total. The number of nitriles is 1. The van der Waals surface area contributed by atoms with Gasteiger partial charge in [0.15, 0.2) is 0 Å². The van der Waals surface area contributed by atoms with Gasteiger partial charge in [-0.1, -0.05) is 33.6 Å². The van der Waals surface area contributed by atoms with E-state index in [1.165, 1.54) is 0 Å². The second kappa shape index (κ2) is 10.2. The van der Waals surface area contributed by atoms with Gasteiger partial charge in [-0.3, -0.25) is 9.59 Å². The van der Waals surface area contributed by atoms with E-state index >= 15 is 0 Å². The van der Waals surface area contributed by atoms with Crippen molar-refractivity contribution >= 4 is 11.8 Å². The minimum atomic E-state index is -0.941. The van der Waals surface area contributed by atoms with Gasteiger partial charge in [0.2, 0.25) is 11.8 Å². The zero-order valence-corrected chi connectivity index (χ0v) is 12.9. The van der Waals surface area contributed by atoms with Crippen molar-refractivity contribution in [3.05, 3.63) is 0 Å². The molecule has 0 saturated carbocycles. The number of amides is 2. The van der Waals surface area contributed by atoms with Gasteiger partial charge in [0.25, 0.3) is 0 Å². The van der Waals surface area contributed by atoms with Crippen LogP contribution >= 0.6 is 0 Å². The van der Waals surface area contributed by atoms with Gasteiger partial charge in [-0.2, -0.15) is 5.26 Å². The second-order valence-electron chi connectivity index (χ2n) is 5.05. The number of nitrogens with zero attached hydrogens (tertiary/aromatic N) is 1. The predicted molar refractivity (Wildman–Crippen MR) is 78.8 cm³/mol. The molecule has 0 aliphatic heterocycles. The summed E-state index contributed by atoms with van der Waals surface area (Å²) >= 11 is 0. The molecule has 0 aliphatic carbocycles. The fourth-order valence-electron chi connectivity index (χ4n) is 2.18. The molecule has 0 aromatic heterocycles. The molecule has 0 aromatic carbocycles. The van der Waals surface area contributed by atoms with E-state index in [4.69, 9.17) is 0 Å². The molecule has 20 heavy (non-hydrogen) atoms. The van der Waals surface area contributed by atoms with Crippen LogP contribution in [0.5, 0.6) is 0 Å². The summed E-state index contributed by atoms with van der Waals surface area (Å²) in [4.78, 5) is 23.6. The summed E-state index contributed by atoms with van der Waals surface area (Å²) in [5.41, 5.74) is -0.941. The molecule has 0 aliphatic rings. The highest BCUT2D eigenvalue weighted by molar-refractivity contribution is 5.86. The number of rotatable bonds is 10. The van der Waals surface area contributed by atoms with E-state index in [0.29, 0.717) is 19.4 Å². The SMILES string of the molecule is CCCNC(=O)CCNC(=O)C(C#N)(CCC)CCC. The second-order valence-corrected chi connectivity index (χ2v) is 5.05. The summed E-state index contributed by atoms with van der Waals surface area (Å²) in [6.45, 7) is 6.85. The highest BCUT2D eigenvalue weighted by Gasteiger charge is 2.36. The molecule has 0 bridgehead atoms. The lowest BCUT2D eigenvalue weighted by Gasteiger charge is -2.24. The highest BCUT2D eigenvalue weighted by Crippen LogP contribution is 2.29. The summed E-state index contributed by atoms with van der Waals surface area (Å²) in [6, 6.07) is 2.18. The van der Waals surface area contributed by atoms with Crippen molar-refractivity contribution in [3.63, 3.8) is 0 Å². The molecule has 0 fully saturated rings. The normalized spacial score (nSPS) is 10.7. The summed E-state index contributed by atoms with van der Waals surface area (Å²) in [5.74, 6) is -0.312. The van der Waals surface area contributed by atoms with Gasteiger partial charge in [-0.15, -0.1) is 0 Å². The maximum Gasteiger partial charge on any atom is 0.240 e. The summed E-state index contributed by atoms with van der Waals surface area (Å²) in [7, 11) is 0. The maximum atomic E-state index is 12.2. The fraction of sp³-hybridized carbons (Fsp3) is 0.800. The molecule has 0 unspecified atom stereocenters. The van der Waals surface area contributed by atoms with Crippen molar-refractivity contribution in [2.24, 2.45) is 5.41 Å². The molecule has 5 nitrogen and oxygen atoms in total. The Morgan fingerprint density at radius 3 is 2.05 bits per heavy atom. The van der Waals surface area contributed by atoms with Gasteiger partial charge >= 0.3 is 0 Å². The number of hydrogen-bond acceptors (Lipinski definition) is 3. The van der Waals surface area contributed by atoms with Gasteiger partial charge in [0.1, 0.15) is 5.41 Å². The molecule has 114 valence electrons. The summed E-state index contributed by atoms with van der Waals surface area (Å²) < 4.78 is 0. The molecule has 5 heteroatoms. The van der Waals surface area contributed by atoms with Crippen LogP contribution in [0.1, 0.15) is 59.3 Å². The molecule has 0 radical (unpaired) electrons. The summed E-state index contributed by atoms with van der Waals surface area (Å²) in [6.07, 6.45) is 3.85. The van der Waals surface area contributed by atoms with Gasteiger partial charge in [-0.25, -0.2) is 0 Å². The first-order valence-corrected chi connectivity index (χ1v) is 7.52. The minimum Gasteiger partial charge on any atom is -0.356 e. The van der Waals surface area contributed by atoms with Gasteiger partial charge < -0.3 is 10.6 Å². The Balaban J connectivity index is 4.34. The lowest BCUT2D eigenvalue weighted by molar-refractivity contribution is -0.129. The van der Waals surface area contributed by atoms with Crippen LogP contribution in [0.25, 0.3) is 0 Å². The van der Waals surface area contributed by atoms with Crippen LogP contribution in [0.15, 0.2) is 0 Å². The van der Waals surface area contributed by atoms with E-state index in [-0.39, 0.29) is 24.8 Å². The Hall–Kier alpha value is -1.57. The smallest absolute Gasteiger partial charge is 0.240 e. The quantitative estimate of drug-likeness (QED) is 0.643. The zero-order valence-electron chi connectivity index (χ0n) is 12.9. The Kier molecular flexibility index (Phi) is 9.44. The number of carbonyl (C=O) groups is 2. The molecule has 0 heterocycles. The monoisotopic (exact) mass is 281 g/mol. The first kappa shape index (κ1) is 18.4. The largest absolute Gasteiger partial charge is 0.356 e. The first-order valence-electron chi connectivity index (χ1n) is 7.52. The average molecular weight is 281 g/mol. The third-order valence-corrected chi connectivity index (χ3v) is 3.21. The van der Waals surface area contributed by atoms with Crippen LogP contribution < -0.4 is 10.6 Å². The highest BCUT2D eigenvalue weighted by atomic mass is 16.2. The third-order valence-electron chi connectivity index (χ3n) is 3.21. The predicted octanol–water partition coefficient (Wildman–Crippen LogP) is 2.13. The van der Waals surface area contributed by atoms with E-state index in [9.17, 15) is 14.9 Å². The zero-order chi connectivity index (χ0) is 15.4. The molecular formula is C15H27N3O2. The van der Waals surface area contributed by atoms with Crippen molar-refractivity contribution in [2.45, 2.75) is 59.3 Å². The Labute approximate surface area is 122 Å². The Bertz CT molecular complexity index is 342. The lowest BCUT2D eigenvalue weighted by Crippen LogP contribution is -2.41. The molecule has 0 atom stereocenters. The lowest BCUT2D eigenvalue weighted by atomic mass is 9.80. The topological polar surface area (TPSA) is 82.0 Å². The van der Waals surface area contributed by atoms with E-state index in [1.54, 1.807) is 0 Å². The average Bonchev–Trinajstić information content (AvgIpc) is 2.44. The molecule has 2 amide bonds. The van der Waals surface area contributed by atoms with Crippen LogP contribution in [0.3, 0.4) is 0 Å². The Morgan fingerprint density at radius 1 is 1.00 bits per heavy atom. The van der Waals surface area contributed by atoms with E-state index in [1.807, 2.05) is 20.8 Å². The van der Waals surface area contributed by atoms with E-state index in [0.717, 1.165) is 19.3 Å². The fourth-order valence-corrected chi connectivity index (χ4v) is 2.18. The van der Waals surface area contributed by atoms with Crippen LogP contribution in [-0.4, -0.2) is 24.9 Å². The first-order chi connectivity index (χ1) is 9.56. The van der Waals surface area contributed by atoms with Crippen LogP contribution in [-0.2, 0) is 9.59 Å². The Morgan fingerprint density at radius 2 is 1.60 bits per heavy atom. The third kappa shape index (κ3) is 6.05. The van der Waals surface area contributed by atoms with Gasteiger partial charge in [0, 0.05) is 19.5 Å². The van der Waals surface area contributed by atoms with Crippen molar-refractivity contribution < 1.29 is 9.59 Å². The molecule has 0 spiro atoms. The van der Waals surface area contributed by atoms with Crippen molar-refractivity contribution in [2.75, 3.05) is 13.1 Å². The molecule has 0 aromatic rings. The molecule has 0 rings (SSSR count). The minimum absolute atomic E-state index is 0.0688. The molecular weight excluding hydrogens is 254 g/mol. The van der Waals surface area contributed by atoms with Crippen LogP contribution in [0.4, 0.5) is 0 Å². The number of carbonyl (C=O) groups excluding carboxylic acids is 2. The molecule has 0 saturated heterocycles. The van der Waals surface area contributed by atoms with Crippen LogP contribution in [0, 0.1) is 16.7 Å². The van der Waals surface area contributed by atoms with Crippen molar-refractivity contribution in [1.29, 1.82) is 5.26 Å². The van der Waals surface area contributed by atoms with Crippen LogP contribution in [0.2, 0.25) is 0 Å². The maximum absolute atomic E-state index is 12.2. The van der Waals surface area contributed by atoms with Crippen molar-refractivity contribution in [1.82, 2.24) is 10.6 Å². The van der Waals surface area contributed by atoms with Crippen molar-refractivity contribution in [3.8, 4) is 6.07 Å². The standard InChI is InChI=1S/C15H27N3O2/c1-4-8-15(12-16,9-5-2)14(20)18-11-7-13(19)17-10-6-3/h4-11H2,1-3H3,(H,17,19)(H,18,20). The van der Waals surface area contributed by atoms with Gasteiger partial charge in [-0.05, 0) is 19.3 Å². The van der Waals surface area contributed by atoms with Gasteiger partial charge in [0.05, 0.1) is 6.07 Å². The number of hydrogen-bond donors (Lipinski definition) is 2. The summed E-state index contributed by atoms with van der Waals surface area (Å²) in [5, 5.41) is 14.8. The van der Waals surface area contributed by atoms with E-state index in [2.05, 4.69) is 16.7 Å².